The van der Waals surface area contributed by atoms with Crippen molar-refractivity contribution in [3.8, 4) is 11.5 Å². The van der Waals surface area contributed by atoms with Gasteiger partial charge in [0.2, 0.25) is 0 Å². The summed E-state index contributed by atoms with van der Waals surface area (Å²) in [7, 11) is 1.54. The molecule has 0 aromatic heterocycles. The number of methoxy groups -OCH3 is 1. The third-order valence-corrected chi connectivity index (χ3v) is 3.81. The van der Waals surface area contributed by atoms with E-state index in [9.17, 15) is 4.79 Å². The van der Waals surface area contributed by atoms with Gasteiger partial charge in [0.15, 0.2) is 11.5 Å². The Balaban J connectivity index is 1.94. The number of anilines is 1. The van der Waals surface area contributed by atoms with Crippen molar-refractivity contribution in [2.45, 2.75) is 13.3 Å². The Morgan fingerprint density at radius 1 is 1.29 bits per heavy atom. The summed E-state index contributed by atoms with van der Waals surface area (Å²) in [6.07, 6.45) is 0.877. The molecule has 1 aromatic rings. The van der Waals surface area contributed by atoms with Crippen molar-refractivity contribution in [1.82, 2.24) is 4.90 Å². The van der Waals surface area contributed by atoms with Gasteiger partial charge >= 0.3 is 5.97 Å². The number of esters is 1. The first-order valence-electron chi connectivity index (χ1n) is 8.23. The highest BCUT2D eigenvalue weighted by Gasteiger charge is 2.17. The van der Waals surface area contributed by atoms with Gasteiger partial charge in [0, 0.05) is 31.8 Å². The lowest BCUT2D eigenvalue weighted by Crippen LogP contribution is -2.37. The first kappa shape index (κ1) is 18.4. The van der Waals surface area contributed by atoms with Crippen LogP contribution in [0.15, 0.2) is 12.1 Å². The van der Waals surface area contributed by atoms with Gasteiger partial charge in [-0.1, -0.05) is 0 Å². The first-order chi connectivity index (χ1) is 11.7. The number of rotatable bonds is 8. The maximum Gasteiger partial charge on any atom is 0.340 e. The zero-order valence-corrected chi connectivity index (χ0v) is 14.4. The SMILES string of the molecule is CCOC(=O)c1cc(OCCCN2CCOCC2)c(OC)cc1N. The van der Waals surface area contributed by atoms with Crippen molar-refractivity contribution in [1.29, 1.82) is 0 Å². The number of hydrogen-bond donors (Lipinski definition) is 1. The molecule has 0 aliphatic carbocycles. The second-order valence-electron chi connectivity index (χ2n) is 5.47. The van der Waals surface area contributed by atoms with E-state index in [4.69, 9.17) is 24.7 Å². The highest BCUT2D eigenvalue weighted by Crippen LogP contribution is 2.32. The number of carbonyl (C=O) groups is 1. The average Bonchev–Trinajstić information content (AvgIpc) is 2.60. The third-order valence-electron chi connectivity index (χ3n) is 3.81. The number of nitrogens with zero attached hydrogens (tertiary/aromatic N) is 1. The van der Waals surface area contributed by atoms with Crippen LogP contribution < -0.4 is 15.2 Å². The van der Waals surface area contributed by atoms with Crippen LogP contribution in [0.5, 0.6) is 11.5 Å². The van der Waals surface area contributed by atoms with Gasteiger partial charge in [-0.25, -0.2) is 4.79 Å². The number of hydrogen-bond acceptors (Lipinski definition) is 7. The second-order valence-corrected chi connectivity index (χ2v) is 5.47. The summed E-state index contributed by atoms with van der Waals surface area (Å²) < 4.78 is 21.4. The molecule has 24 heavy (non-hydrogen) atoms. The summed E-state index contributed by atoms with van der Waals surface area (Å²) in [5, 5.41) is 0. The van der Waals surface area contributed by atoms with Crippen molar-refractivity contribution < 1.29 is 23.7 Å². The number of nitrogen functional groups attached to an aromatic ring is 1. The predicted octanol–water partition coefficient (Wildman–Crippen LogP) is 1.56. The highest BCUT2D eigenvalue weighted by molar-refractivity contribution is 5.96. The van der Waals surface area contributed by atoms with Crippen LogP contribution in [0.2, 0.25) is 0 Å². The zero-order valence-electron chi connectivity index (χ0n) is 14.4. The van der Waals surface area contributed by atoms with Gasteiger partial charge in [-0.15, -0.1) is 0 Å². The molecule has 0 saturated carbocycles. The molecule has 2 N–H and O–H groups in total. The summed E-state index contributed by atoms with van der Waals surface area (Å²) >= 11 is 0. The van der Waals surface area contributed by atoms with E-state index >= 15 is 0 Å². The van der Waals surface area contributed by atoms with E-state index in [-0.39, 0.29) is 0 Å². The molecule has 0 amide bonds. The standard InChI is InChI=1S/C17H26N2O5/c1-3-23-17(20)13-11-16(15(21-2)12-14(13)18)24-8-4-5-19-6-9-22-10-7-19/h11-12H,3-10,18H2,1-2H3. The fourth-order valence-corrected chi connectivity index (χ4v) is 2.53. The average molecular weight is 338 g/mol. The molecule has 1 heterocycles. The Morgan fingerprint density at radius 3 is 2.71 bits per heavy atom. The minimum Gasteiger partial charge on any atom is -0.493 e. The Morgan fingerprint density at radius 2 is 2.04 bits per heavy atom. The van der Waals surface area contributed by atoms with Crippen molar-refractivity contribution >= 4 is 11.7 Å². The quantitative estimate of drug-likeness (QED) is 0.437. The Labute approximate surface area is 142 Å². The molecular formula is C17H26N2O5. The van der Waals surface area contributed by atoms with Gasteiger partial charge in [-0.2, -0.15) is 0 Å². The molecule has 0 spiro atoms. The number of ether oxygens (including phenoxy) is 4. The van der Waals surface area contributed by atoms with E-state index in [2.05, 4.69) is 4.90 Å². The summed E-state index contributed by atoms with van der Waals surface area (Å²) in [5.74, 6) is 0.541. The Hall–Kier alpha value is -1.99. The summed E-state index contributed by atoms with van der Waals surface area (Å²) in [5.41, 5.74) is 6.50. The van der Waals surface area contributed by atoms with Crippen LogP contribution in [0.25, 0.3) is 0 Å². The lowest BCUT2D eigenvalue weighted by Gasteiger charge is -2.26. The number of carbonyl (C=O) groups excluding carboxylic acids is 1. The molecule has 0 bridgehead atoms. The van der Waals surface area contributed by atoms with Crippen molar-refractivity contribution in [3.05, 3.63) is 17.7 Å². The highest BCUT2D eigenvalue weighted by atomic mass is 16.5. The van der Waals surface area contributed by atoms with E-state index in [1.54, 1.807) is 26.2 Å². The third kappa shape index (κ3) is 5.01. The molecule has 2 rings (SSSR count). The van der Waals surface area contributed by atoms with Crippen LogP contribution in [0.1, 0.15) is 23.7 Å². The van der Waals surface area contributed by atoms with E-state index in [1.165, 1.54) is 0 Å². The molecule has 134 valence electrons. The molecule has 7 nitrogen and oxygen atoms in total. The normalized spacial score (nSPS) is 15.1. The molecule has 1 aliphatic heterocycles. The monoisotopic (exact) mass is 338 g/mol. The van der Waals surface area contributed by atoms with Crippen molar-refractivity contribution in [2.75, 3.05) is 58.9 Å². The first-order valence-corrected chi connectivity index (χ1v) is 8.23. The van der Waals surface area contributed by atoms with Gasteiger partial charge in [-0.05, 0) is 13.3 Å². The lowest BCUT2D eigenvalue weighted by molar-refractivity contribution is 0.0357. The number of morpholine rings is 1. The molecule has 1 saturated heterocycles. The largest absolute Gasteiger partial charge is 0.493 e. The molecule has 0 radical (unpaired) electrons. The molecule has 7 heteroatoms. The Bertz CT molecular complexity index is 544. The summed E-state index contributed by atoms with van der Waals surface area (Å²) in [4.78, 5) is 14.3. The van der Waals surface area contributed by atoms with E-state index in [0.29, 0.717) is 36.0 Å². The van der Waals surface area contributed by atoms with Gasteiger partial charge in [0.05, 0.1) is 44.8 Å². The van der Waals surface area contributed by atoms with Crippen LogP contribution in [0.3, 0.4) is 0 Å². The van der Waals surface area contributed by atoms with Crippen LogP contribution in [0, 0.1) is 0 Å². The molecule has 1 fully saturated rings. The molecule has 1 aromatic carbocycles. The maximum absolute atomic E-state index is 11.9. The van der Waals surface area contributed by atoms with E-state index in [0.717, 1.165) is 39.3 Å². The fraction of sp³-hybridized carbons (Fsp3) is 0.588. The van der Waals surface area contributed by atoms with Crippen molar-refractivity contribution in [3.63, 3.8) is 0 Å². The predicted molar refractivity (Wildman–Crippen MR) is 90.7 cm³/mol. The van der Waals surface area contributed by atoms with Gasteiger partial charge in [0.1, 0.15) is 0 Å². The summed E-state index contributed by atoms with van der Waals surface area (Å²) in [6.45, 7) is 7.01. The van der Waals surface area contributed by atoms with Crippen LogP contribution in [-0.4, -0.2) is 64.0 Å². The second kappa shape index (κ2) is 9.34. The number of benzene rings is 1. The fourth-order valence-electron chi connectivity index (χ4n) is 2.53. The van der Waals surface area contributed by atoms with Gasteiger partial charge in [-0.3, -0.25) is 4.90 Å². The molecule has 0 unspecified atom stereocenters. The minimum atomic E-state index is -0.462. The Kier molecular flexibility index (Phi) is 7.14. The zero-order chi connectivity index (χ0) is 17.4. The van der Waals surface area contributed by atoms with Crippen LogP contribution >= 0.6 is 0 Å². The van der Waals surface area contributed by atoms with Crippen LogP contribution in [0.4, 0.5) is 5.69 Å². The smallest absolute Gasteiger partial charge is 0.340 e. The van der Waals surface area contributed by atoms with Gasteiger partial charge in [0.25, 0.3) is 0 Å². The van der Waals surface area contributed by atoms with E-state index in [1.807, 2.05) is 0 Å². The lowest BCUT2D eigenvalue weighted by atomic mass is 10.1. The minimum absolute atomic E-state index is 0.292. The maximum atomic E-state index is 11.9. The van der Waals surface area contributed by atoms with Gasteiger partial charge < -0.3 is 24.7 Å². The number of nitrogens with two attached hydrogens (primary N) is 1. The van der Waals surface area contributed by atoms with Crippen molar-refractivity contribution in [2.24, 2.45) is 0 Å². The van der Waals surface area contributed by atoms with Crippen LogP contribution in [-0.2, 0) is 9.47 Å². The van der Waals surface area contributed by atoms with E-state index < -0.39 is 5.97 Å². The molecule has 0 atom stereocenters. The molecule has 1 aliphatic rings. The topological polar surface area (TPSA) is 83.2 Å². The summed E-state index contributed by atoms with van der Waals surface area (Å²) in [6, 6.07) is 3.17. The molecular weight excluding hydrogens is 312 g/mol.